The Kier molecular flexibility index (Phi) is 4.27. The Morgan fingerprint density at radius 1 is 1.26 bits per heavy atom. The first kappa shape index (κ1) is 14.5. The highest BCUT2D eigenvalue weighted by Crippen LogP contribution is 2.31. The largest absolute Gasteiger partial charge is 0.411 e. The molecule has 1 heterocycles. The molecule has 0 saturated carbocycles. The summed E-state index contributed by atoms with van der Waals surface area (Å²) in [6, 6.07) is -0.818. The third kappa shape index (κ3) is 3.77. The Bertz CT molecular complexity index is 363. The molecule has 0 amide bonds. The molecule has 19 heavy (non-hydrogen) atoms. The van der Waals surface area contributed by atoms with Gasteiger partial charge in [0.2, 0.25) is 5.85 Å². The van der Waals surface area contributed by atoms with Gasteiger partial charge in [0.25, 0.3) is 0 Å². The summed E-state index contributed by atoms with van der Waals surface area (Å²) in [4.78, 5) is 1.78. The summed E-state index contributed by atoms with van der Waals surface area (Å²) in [5.74, 6) is -2.43. The first-order valence-corrected chi connectivity index (χ1v) is 6.11. The number of piperazine rings is 1. The smallest absolute Gasteiger partial charge is 0.332 e. The monoisotopic (exact) mass is 280 g/mol. The van der Waals surface area contributed by atoms with Crippen molar-refractivity contribution in [2.75, 3.05) is 32.8 Å². The summed E-state index contributed by atoms with van der Waals surface area (Å²) in [6.07, 6.45) is 1.05. The fraction of sp³-hybridized carbons (Fsp3) is 0.667. The van der Waals surface area contributed by atoms with E-state index in [0.29, 0.717) is 26.2 Å². The number of hydrogen-bond acceptors (Lipinski definition) is 3. The van der Waals surface area contributed by atoms with E-state index in [9.17, 15) is 17.6 Å². The Hall–Kier alpha value is -0.920. The molecule has 3 nitrogen and oxygen atoms in total. The average molecular weight is 280 g/mol. The lowest BCUT2D eigenvalue weighted by Crippen LogP contribution is -2.56. The van der Waals surface area contributed by atoms with Crippen molar-refractivity contribution in [1.29, 1.82) is 0 Å². The first-order chi connectivity index (χ1) is 8.91. The standard InChI is InChI=1S/C12H16F4N2O/c13-11(19-9-12(14,15)16)4-2-1-3-10(11)18-7-5-17-6-8-18/h1-4,10,17H,5-9H2. The second-order valence-electron chi connectivity index (χ2n) is 4.58. The first-order valence-electron chi connectivity index (χ1n) is 6.11. The Balaban J connectivity index is 2.06. The highest BCUT2D eigenvalue weighted by Gasteiger charge is 2.44. The number of nitrogens with one attached hydrogen (secondary N) is 1. The van der Waals surface area contributed by atoms with Crippen LogP contribution in [0.1, 0.15) is 0 Å². The van der Waals surface area contributed by atoms with Crippen LogP contribution in [0.3, 0.4) is 0 Å². The zero-order chi connectivity index (χ0) is 13.9. The van der Waals surface area contributed by atoms with Gasteiger partial charge in [0.15, 0.2) is 0 Å². The Morgan fingerprint density at radius 3 is 2.58 bits per heavy atom. The maximum atomic E-state index is 14.6. The number of alkyl halides is 4. The van der Waals surface area contributed by atoms with Crippen molar-refractivity contribution < 1.29 is 22.3 Å². The van der Waals surface area contributed by atoms with Gasteiger partial charge in [0, 0.05) is 26.2 Å². The normalized spacial score (nSPS) is 32.7. The quantitative estimate of drug-likeness (QED) is 0.795. The molecule has 1 aliphatic carbocycles. The molecule has 108 valence electrons. The van der Waals surface area contributed by atoms with Gasteiger partial charge >= 0.3 is 6.18 Å². The van der Waals surface area contributed by atoms with Crippen molar-refractivity contribution >= 4 is 0 Å². The lowest BCUT2D eigenvalue weighted by atomic mass is 10.0. The molecule has 1 saturated heterocycles. The van der Waals surface area contributed by atoms with Gasteiger partial charge in [0.1, 0.15) is 6.61 Å². The summed E-state index contributed by atoms with van der Waals surface area (Å²) < 4.78 is 55.7. The van der Waals surface area contributed by atoms with Gasteiger partial charge in [-0.1, -0.05) is 18.2 Å². The fourth-order valence-corrected chi connectivity index (χ4v) is 2.24. The zero-order valence-corrected chi connectivity index (χ0v) is 10.3. The minimum Gasteiger partial charge on any atom is -0.332 e. The summed E-state index contributed by atoms with van der Waals surface area (Å²) in [7, 11) is 0. The number of rotatable bonds is 3. The number of allylic oxidation sites excluding steroid dienone is 2. The molecule has 0 aromatic carbocycles. The molecule has 0 aromatic rings. The predicted octanol–water partition coefficient (Wildman–Crippen LogP) is 1.63. The van der Waals surface area contributed by atoms with Gasteiger partial charge in [-0.15, -0.1) is 0 Å². The SMILES string of the molecule is FC(F)(F)COC1(F)C=CC=CC1N1CCNCC1. The number of halogens is 4. The highest BCUT2D eigenvalue weighted by molar-refractivity contribution is 5.22. The van der Waals surface area contributed by atoms with E-state index in [-0.39, 0.29) is 0 Å². The maximum absolute atomic E-state index is 14.6. The van der Waals surface area contributed by atoms with Crippen molar-refractivity contribution in [1.82, 2.24) is 10.2 Å². The average Bonchev–Trinajstić information content (AvgIpc) is 2.37. The molecule has 2 unspecified atom stereocenters. The lowest BCUT2D eigenvalue weighted by Gasteiger charge is -2.40. The van der Waals surface area contributed by atoms with E-state index in [4.69, 9.17) is 0 Å². The molecule has 1 N–H and O–H groups in total. The predicted molar refractivity (Wildman–Crippen MR) is 62.4 cm³/mol. The van der Waals surface area contributed by atoms with Crippen LogP contribution in [0.5, 0.6) is 0 Å². The van der Waals surface area contributed by atoms with E-state index in [1.165, 1.54) is 6.08 Å². The minimum absolute atomic E-state index is 0.573. The van der Waals surface area contributed by atoms with Crippen LogP contribution in [0.4, 0.5) is 17.6 Å². The number of ether oxygens (including phenoxy) is 1. The molecule has 0 bridgehead atoms. The summed E-state index contributed by atoms with van der Waals surface area (Å²) in [5.41, 5.74) is 0. The van der Waals surface area contributed by atoms with E-state index < -0.39 is 24.7 Å². The summed E-state index contributed by atoms with van der Waals surface area (Å²) >= 11 is 0. The van der Waals surface area contributed by atoms with Crippen molar-refractivity contribution in [2.45, 2.75) is 18.1 Å². The topological polar surface area (TPSA) is 24.5 Å². The van der Waals surface area contributed by atoms with Crippen LogP contribution in [0.2, 0.25) is 0 Å². The van der Waals surface area contributed by atoms with Gasteiger partial charge in [-0.2, -0.15) is 13.2 Å². The van der Waals surface area contributed by atoms with Crippen LogP contribution < -0.4 is 5.32 Å². The van der Waals surface area contributed by atoms with E-state index in [0.717, 1.165) is 6.08 Å². The number of hydrogen-bond donors (Lipinski definition) is 1. The molecule has 2 rings (SSSR count). The van der Waals surface area contributed by atoms with E-state index in [2.05, 4.69) is 10.1 Å². The van der Waals surface area contributed by atoms with Crippen molar-refractivity contribution in [3.63, 3.8) is 0 Å². The molecule has 2 aliphatic rings. The third-order valence-corrected chi connectivity index (χ3v) is 3.13. The van der Waals surface area contributed by atoms with Crippen LogP contribution >= 0.6 is 0 Å². The fourth-order valence-electron chi connectivity index (χ4n) is 2.24. The zero-order valence-electron chi connectivity index (χ0n) is 10.3. The van der Waals surface area contributed by atoms with Crippen LogP contribution in [0.25, 0.3) is 0 Å². The van der Waals surface area contributed by atoms with Crippen LogP contribution in [0.15, 0.2) is 24.3 Å². The maximum Gasteiger partial charge on any atom is 0.411 e. The van der Waals surface area contributed by atoms with E-state index in [1.807, 2.05) is 0 Å². The van der Waals surface area contributed by atoms with Gasteiger partial charge < -0.3 is 10.1 Å². The molecule has 2 atom stereocenters. The van der Waals surface area contributed by atoms with Gasteiger partial charge in [-0.3, -0.25) is 4.90 Å². The summed E-state index contributed by atoms with van der Waals surface area (Å²) in [5, 5.41) is 3.11. The second-order valence-corrected chi connectivity index (χ2v) is 4.58. The van der Waals surface area contributed by atoms with Gasteiger partial charge in [-0.25, -0.2) is 4.39 Å². The molecule has 1 aliphatic heterocycles. The Labute approximate surface area is 108 Å². The molecule has 7 heteroatoms. The Morgan fingerprint density at radius 2 is 1.95 bits per heavy atom. The molecule has 0 radical (unpaired) electrons. The van der Waals surface area contributed by atoms with Gasteiger partial charge in [-0.05, 0) is 6.08 Å². The van der Waals surface area contributed by atoms with E-state index in [1.54, 1.807) is 17.1 Å². The molecule has 0 spiro atoms. The lowest BCUT2D eigenvalue weighted by molar-refractivity contribution is -0.234. The third-order valence-electron chi connectivity index (χ3n) is 3.13. The molecular weight excluding hydrogens is 264 g/mol. The van der Waals surface area contributed by atoms with Crippen LogP contribution in [-0.4, -0.2) is 55.8 Å². The summed E-state index contributed by atoms with van der Waals surface area (Å²) in [6.45, 7) is 0.921. The van der Waals surface area contributed by atoms with Crippen molar-refractivity contribution in [2.24, 2.45) is 0 Å². The second kappa shape index (κ2) is 5.60. The molecule has 1 fully saturated rings. The molecular formula is C12H16F4N2O. The number of nitrogens with zero attached hydrogens (tertiary/aromatic N) is 1. The van der Waals surface area contributed by atoms with Crippen molar-refractivity contribution in [3.8, 4) is 0 Å². The van der Waals surface area contributed by atoms with E-state index >= 15 is 0 Å². The highest BCUT2D eigenvalue weighted by atomic mass is 19.4. The van der Waals surface area contributed by atoms with Crippen molar-refractivity contribution in [3.05, 3.63) is 24.3 Å². The van der Waals surface area contributed by atoms with Gasteiger partial charge in [0.05, 0.1) is 6.04 Å². The van der Waals surface area contributed by atoms with Crippen LogP contribution in [-0.2, 0) is 4.74 Å². The minimum atomic E-state index is -4.54. The van der Waals surface area contributed by atoms with Crippen LogP contribution in [0, 0.1) is 0 Å². The molecule has 0 aromatic heterocycles.